The molecule has 1 heterocycles. The highest BCUT2D eigenvalue weighted by Crippen LogP contribution is 2.25. The Balaban J connectivity index is 1.94. The molecule has 1 atom stereocenters. The van der Waals surface area contributed by atoms with Crippen molar-refractivity contribution in [2.45, 2.75) is 130 Å². The highest BCUT2D eigenvalue weighted by molar-refractivity contribution is 6.23. The summed E-state index contributed by atoms with van der Waals surface area (Å²) in [5.74, 6) is 0.403. The van der Waals surface area contributed by atoms with Gasteiger partial charge in [0.15, 0.2) is 11.9 Å². The van der Waals surface area contributed by atoms with Gasteiger partial charge in [-0.3, -0.25) is 9.59 Å². The Hall–Kier alpha value is -1.12. The average molecular weight is 379 g/mol. The van der Waals surface area contributed by atoms with Gasteiger partial charge in [0.05, 0.1) is 0 Å². The van der Waals surface area contributed by atoms with Gasteiger partial charge in [-0.15, -0.1) is 0 Å². The lowest BCUT2D eigenvalue weighted by molar-refractivity contribution is -0.124. The molecular weight excluding hydrogens is 336 g/mol. The molecule has 3 nitrogen and oxygen atoms in total. The first kappa shape index (κ1) is 23.9. The van der Waals surface area contributed by atoms with E-state index < -0.39 is 6.10 Å². The van der Waals surface area contributed by atoms with Gasteiger partial charge in [0.2, 0.25) is 5.78 Å². The molecule has 0 aromatic rings. The monoisotopic (exact) mass is 378 g/mol. The van der Waals surface area contributed by atoms with Crippen LogP contribution in [0.5, 0.6) is 0 Å². The van der Waals surface area contributed by atoms with Crippen LogP contribution in [0.1, 0.15) is 124 Å². The highest BCUT2D eigenvalue weighted by Gasteiger charge is 2.35. The second kappa shape index (κ2) is 14.9. The number of ether oxygens (including phenoxy) is 1. The molecule has 156 valence electrons. The van der Waals surface area contributed by atoms with Crippen LogP contribution in [0.3, 0.4) is 0 Å². The second-order valence-corrected chi connectivity index (χ2v) is 8.08. The molecule has 0 saturated heterocycles. The molecule has 1 aliphatic heterocycles. The first-order chi connectivity index (χ1) is 13.1. The van der Waals surface area contributed by atoms with E-state index in [1.54, 1.807) is 6.92 Å². The van der Waals surface area contributed by atoms with Crippen LogP contribution in [0.4, 0.5) is 0 Å². The molecule has 1 rings (SSSR count). The molecule has 0 spiro atoms. The van der Waals surface area contributed by atoms with E-state index in [9.17, 15) is 9.59 Å². The molecule has 0 saturated carbocycles. The van der Waals surface area contributed by atoms with Crippen LogP contribution in [0.25, 0.3) is 0 Å². The van der Waals surface area contributed by atoms with Gasteiger partial charge in [-0.25, -0.2) is 0 Å². The van der Waals surface area contributed by atoms with Crippen molar-refractivity contribution in [1.82, 2.24) is 0 Å². The number of rotatable bonds is 17. The summed E-state index contributed by atoms with van der Waals surface area (Å²) in [6, 6.07) is 0. The molecule has 0 N–H and O–H groups in total. The Morgan fingerprint density at radius 1 is 0.778 bits per heavy atom. The summed E-state index contributed by atoms with van der Waals surface area (Å²) >= 11 is 0. The lowest BCUT2D eigenvalue weighted by Crippen LogP contribution is -2.20. The van der Waals surface area contributed by atoms with Gasteiger partial charge >= 0.3 is 0 Å². The number of hydrogen-bond acceptors (Lipinski definition) is 3. The first-order valence-corrected chi connectivity index (χ1v) is 11.6. The first-order valence-electron chi connectivity index (χ1n) is 11.6. The molecule has 0 aromatic carbocycles. The van der Waals surface area contributed by atoms with Gasteiger partial charge in [0.25, 0.3) is 0 Å². The minimum absolute atomic E-state index is 0.0209. The van der Waals surface area contributed by atoms with Crippen LogP contribution >= 0.6 is 0 Å². The zero-order valence-electron chi connectivity index (χ0n) is 18.1. The number of hydrogen-bond donors (Lipinski definition) is 0. The molecule has 0 aromatic heterocycles. The molecule has 3 heteroatoms. The fourth-order valence-corrected chi connectivity index (χ4v) is 3.87. The largest absolute Gasteiger partial charge is 0.486 e. The summed E-state index contributed by atoms with van der Waals surface area (Å²) in [6.07, 6.45) is 18.9. The molecule has 1 aliphatic rings. The van der Waals surface area contributed by atoms with Crippen LogP contribution in [0.2, 0.25) is 0 Å². The van der Waals surface area contributed by atoms with Crippen molar-refractivity contribution in [1.29, 1.82) is 0 Å². The van der Waals surface area contributed by atoms with E-state index in [0.717, 1.165) is 12.8 Å². The summed E-state index contributed by atoms with van der Waals surface area (Å²) in [6.45, 7) is 5.92. The normalized spacial score (nSPS) is 16.9. The van der Waals surface area contributed by atoms with Crippen LogP contribution in [0.15, 0.2) is 11.3 Å². The molecule has 0 amide bonds. The van der Waals surface area contributed by atoms with Crippen molar-refractivity contribution in [3.8, 4) is 0 Å². The van der Waals surface area contributed by atoms with Crippen LogP contribution < -0.4 is 0 Å². The minimum Gasteiger partial charge on any atom is -0.486 e. The van der Waals surface area contributed by atoms with E-state index in [1.165, 1.54) is 77.0 Å². The molecule has 0 bridgehead atoms. The zero-order valence-corrected chi connectivity index (χ0v) is 18.1. The maximum Gasteiger partial charge on any atom is 0.210 e. The third kappa shape index (κ3) is 9.58. The van der Waals surface area contributed by atoms with Crippen molar-refractivity contribution in [2.75, 3.05) is 0 Å². The van der Waals surface area contributed by atoms with Crippen molar-refractivity contribution in [2.24, 2.45) is 0 Å². The van der Waals surface area contributed by atoms with Crippen molar-refractivity contribution < 1.29 is 14.3 Å². The standard InChI is InChI=1S/C24H42O3/c1-4-6-7-8-9-10-11-12-13-14-15-16-17-18-19-21(25)23-20(3)27-22(5-2)24(23)26/h22H,4-19H2,1-3H3. The van der Waals surface area contributed by atoms with Gasteiger partial charge in [-0.05, 0) is 19.8 Å². The maximum absolute atomic E-state index is 12.3. The van der Waals surface area contributed by atoms with Gasteiger partial charge in [0, 0.05) is 6.42 Å². The lowest BCUT2D eigenvalue weighted by atomic mass is 9.98. The molecule has 1 unspecified atom stereocenters. The third-order valence-corrected chi connectivity index (χ3v) is 5.62. The van der Waals surface area contributed by atoms with Crippen molar-refractivity contribution in [3.05, 3.63) is 11.3 Å². The highest BCUT2D eigenvalue weighted by atomic mass is 16.5. The lowest BCUT2D eigenvalue weighted by Gasteiger charge is -2.05. The summed E-state index contributed by atoms with van der Waals surface area (Å²) in [5.41, 5.74) is 0.330. The third-order valence-electron chi connectivity index (χ3n) is 5.62. The molecule has 0 aliphatic carbocycles. The van der Waals surface area contributed by atoms with Crippen molar-refractivity contribution >= 4 is 11.6 Å². The summed E-state index contributed by atoms with van der Waals surface area (Å²) < 4.78 is 5.49. The minimum atomic E-state index is -0.430. The summed E-state index contributed by atoms with van der Waals surface area (Å²) in [5, 5.41) is 0. The average Bonchev–Trinajstić information content (AvgIpc) is 2.95. The fraction of sp³-hybridized carbons (Fsp3) is 0.833. The zero-order chi connectivity index (χ0) is 19.9. The van der Waals surface area contributed by atoms with Gasteiger partial charge in [-0.1, -0.05) is 97.3 Å². The SMILES string of the molecule is CCCCCCCCCCCCCCCCC(=O)C1=C(C)OC(CC)C1=O. The Morgan fingerprint density at radius 3 is 1.63 bits per heavy atom. The summed E-state index contributed by atoms with van der Waals surface area (Å²) in [7, 11) is 0. The Kier molecular flexibility index (Phi) is 13.2. The van der Waals surface area contributed by atoms with E-state index in [-0.39, 0.29) is 11.6 Å². The molecule has 27 heavy (non-hydrogen) atoms. The number of carbonyl (C=O) groups excluding carboxylic acids is 2. The summed E-state index contributed by atoms with van der Waals surface area (Å²) in [4.78, 5) is 24.4. The van der Waals surface area contributed by atoms with E-state index in [2.05, 4.69) is 6.92 Å². The smallest absolute Gasteiger partial charge is 0.210 e. The van der Waals surface area contributed by atoms with E-state index in [4.69, 9.17) is 4.74 Å². The number of ketones is 2. The van der Waals surface area contributed by atoms with Gasteiger partial charge < -0.3 is 4.74 Å². The fourth-order valence-electron chi connectivity index (χ4n) is 3.87. The number of allylic oxidation sites excluding steroid dienone is 1. The van der Waals surface area contributed by atoms with Gasteiger partial charge in [0.1, 0.15) is 11.3 Å². The van der Waals surface area contributed by atoms with Crippen molar-refractivity contribution in [3.63, 3.8) is 0 Å². The second-order valence-electron chi connectivity index (χ2n) is 8.08. The Bertz CT molecular complexity index is 464. The Labute approximate surface area is 167 Å². The molecule has 0 fully saturated rings. The Morgan fingerprint density at radius 2 is 1.22 bits per heavy atom. The predicted molar refractivity (Wildman–Crippen MR) is 113 cm³/mol. The van der Waals surface area contributed by atoms with Gasteiger partial charge in [-0.2, -0.15) is 0 Å². The van der Waals surface area contributed by atoms with Crippen LogP contribution in [0, 0.1) is 0 Å². The number of unbranched alkanes of at least 4 members (excludes halogenated alkanes) is 13. The number of Topliss-reactive ketones (excluding diaryl/α,β-unsaturated/α-hetero) is 2. The topological polar surface area (TPSA) is 43.4 Å². The molecule has 0 radical (unpaired) electrons. The number of carbonyl (C=O) groups is 2. The molecular formula is C24H42O3. The van der Waals surface area contributed by atoms with E-state index in [1.807, 2.05) is 6.92 Å². The van der Waals surface area contributed by atoms with E-state index >= 15 is 0 Å². The quantitative estimate of drug-likeness (QED) is 0.201. The predicted octanol–water partition coefficient (Wildman–Crippen LogP) is 7.08. The van der Waals surface area contributed by atoms with E-state index in [0.29, 0.717) is 24.2 Å². The maximum atomic E-state index is 12.3. The van der Waals surface area contributed by atoms with Crippen LogP contribution in [-0.4, -0.2) is 17.7 Å². The van der Waals surface area contributed by atoms with Crippen LogP contribution in [-0.2, 0) is 14.3 Å².